The van der Waals surface area contributed by atoms with Gasteiger partial charge in [-0.1, -0.05) is 45.0 Å². The van der Waals surface area contributed by atoms with Crippen molar-refractivity contribution in [2.24, 2.45) is 17.8 Å². The van der Waals surface area contributed by atoms with E-state index in [0.717, 1.165) is 30.9 Å². The number of hydrogen-bond acceptors (Lipinski definition) is 1. The fourth-order valence-electron chi connectivity index (χ4n) is 4.49. The molecular formula is C26H26F6O. The maximum Gasteiger partial charge on any atom is 0.573 e. The van der Waals surface area contributed by atoms with Crippen LogP contribution in [0.2, 0.25) is 0 Å². The molecule has 33 heavy (non-hydrogen) atoms. The normalized spacial score (nSPS) is 19.5. The average molecular weight is 468 g/mol. The molecule has 1 aliphatic carbocycles. The first-order valence-electron chi connectivity index (χ1n) is 11.1. The molecule has 1 fully saturated rings. The molecule has 7 heteroatoms. The molecule has 2 aromatic rings. The fraction of sp³-hybridized carbons (Fsp3) is 0.462. The summed E-state index contributed by atoms with van der Waals surface area (Å²) in [6, 6.07) is 5.09. The summed E-state index contributed by atoms with van der Waals surface area (Å²) in [5.74, 6) is 2.40. The molecule has 0 spiro atoms. The van der Waals surface area contributed by atoms with E-state index in [1.54, 1.807) is 0 Å². The molecule has 0 saturated heterocycles. The van der Waals surface area contributed by atoms with E-state index in [1.165, 1.54) is 31.4 Å². The van der Waals surface area contributed by atoms with Gasteiger partial charge in [-0.3, -0.25) is 0 Å². The lowest BCUT2D eigenvalue weighted by Gasteiger charge is -2.32. The van der Waals surface area contributed by atoms with Gasteiger partial charge in [0.1, 0.15) is 11.6 Å². The third-order valence-corrected chi connectivity index (χ3v) is 6.42. The Balaban J connectivity index is 1.70. The Bertz CT molecular complexity index is 1000. The third kappa shape index (κ3) is 6.93. The zero-order chi connectivity index (χ0) is 24.2. The lowest BCUT2D eigenvalue weighted by Crippen LogP contribution is -2.21. The first-order valence-corrected chi connectivity index (χ1v) is 11.1. The molecule has 2 aromatic carbocycles. The van der Waals surface area contributed by atoms with Crippen molar-refractivity contribution in [1.82, 2.24) is 0 Å². The van der Waals surface area contributed by atoms with Crippen molar-refractivity contribution in [2.45, 2.75) is 58.7 Å². The number of hydrogen-bond donors (Lipinski definition) is 0. The Hall–Kier alpha value is -2.62. The summed E-state index contributed by atoms with van der Waals surface area (Å²) < 4.78 is 83.2. The van der Waals surface area contributed by atoms with E-state index in [0.29, 0.717) is 29.9 Å². The maximum absolute atomic E-state index is 14.6. The highest BCUT2D eigenvalue weighted by atomic mass is 19.4. The summed E-state index contributed by atoms with van der Waals surface area (Å²) in [5, 5.41) is 0. The number of benzene rings is 2. The van der Waals surface area contributed by atoms with Gasteiger partial charge in [-0.25, -0.2) is 13.2 Å². The minimum absolute atomic E-state index is 0.0406. The average Bonchev–Trinajstić information content (AvgIpc) is 2.74. The second kappa shape index (κ2) is 10.5. The van der Waals surface area contributed by atoms with Gasteiger partial charge in [-0.15, -0.1) is 13.2 Å². The van der Waals surface area contributed by atoms with Gasteiger partial charge in [0, 0.05) is 5.56 Å². The van der Waals surface area contributed by atoms with Gasteiger partial charge in [-0.05, 0) is 72.9 Å². The van der Waals surface area contributed by atoms with Crippen molar-refractivity contribution in [1.29, 1.82) is 0 Å². The number of ether oxygens (including phenoxy) is 1. The Morgan fingerprint density at radius 2 is 1.58 bits per heavy atom. The van der Waals surface area contributed by atoms with Crippen LogP contribution in [0.15, 0.2) is 30.3 Å². The van der Waals surface area contributed by atoms with Crippen LogP contribution in [-0.4, -0.2) is 6.36 Å². The molecule has 1 unspecified atom stereocenters. The van der Waals surface area contributed by atoms with Crippen molar-refractivity contribution in [3.8, 4) is 17.6 Å². The highest BCUT2D eigenvalue weighted by molar-refractivity contribution is 5.46. The van der Waals surface area contributed by atoms with E-state index in [9.17, 15) is 26.3 Å². The van der Waals surface area contributed by atoms with Gasteiger partial charge in [-0.2, -0.15) is 0 Å². The van der Waals surface area contributed by atoms with Crippen LogP contribution in [0.1, 0.15) is 62.6 Å². The van der Waals surface area contributed by atoms with Crippen LogP contribution in [0.4, 0.5) is 26.3 Å². The molecule has 0 aromatic heterocycles. The van der Waals surface area contributed by atoms with E-state index in [2.05, 4.69) is 30.4 Å². The van der Waals surface area contributed by atoms with Gasteiger partial charge < -0.3 is 4.74 Å². The minimum atomic E-state index is -5.03. The molecule has 0 aliphatic heterocycles. The van der Waals surface area contributed by atoms with Gasteiger partial charge in [0.2, 0.25) is 0 Å². The van der Waals surface area contributed by atoms with E-state index in [4.69, 9.17) is 0 Å². The molecule has 1 aliphatic rings. The smallest absolute Gasteiger partial charge is 0.403 e. The highest BCUT2D eigenvalue weighted by Crippen LogP contribution is 2.36. The molecule has 0 radical (unpaired) electrons. The standard InChI is InChI=1S/C26H26F6O/c1-3-17-4-8-20(9-5-17)16(2)12-19-14-22(27)21(23(28)15-19)10-6-18-7-11-25(24(29)13-18)33-26(30,31)32/h7,11,13-17,20H,3-5,8-9,12H2,1-2H3. The van der Waals surface area contributed by atoms with Crippen LogP contribution in [0.3, 0.4) is 0 Å². The summed E-state index contributed by atoms with van der Waals surface area (Å²) in [4.78, 5) is 0. The second-order valence-electron chi connectivity index (χ2n) is 8.75. The summed E-state index contributed by atoms with van der Waals surface area (Å²) in [6.07, 6.45) is 1.40. The molecule has 178 valence electrons. The molecule has 1 saturated carbocycles. The van der Waals surface area contributed by atoms with Crippen molar-refractivity contribution in [3.63, 3.8) is 0 Å². The van der Waals surface area contributed by atoms with Crippen LogP contribution >= 0.6 is 0 Å². The van der Waals surface area contributed by atoms with Crippen LogP contribution in [0.25, 0.3) is 0 Å². The summed E-state index contributed by atoms with van der Waals surface area (Å²) in [6.45, 7) is 4.32. The third-order valence-electron chi connectivity index (χ3n) is 6.42. The Morgan fingerprint density at radius 1 is 0.939 bits per heavy atom. The van der Waals surface area contributed by atoms with Crippen molar-refractivity contribution >= 4 is 0 Å². The Labute approximate surface area is 190 Å². The Morgan fingerprint density at radius 3 is 2.12 bits per heavy atom. The lowest BCUT2D eigenvalue weighted by molar-refractivity contribution is -0.275. The number of halogens is 6. The molecule has 1 nitrogen and oxygen atoms in total. The van der Waals surface area contributed by atoms with E-state index >= 15 is 0 Å². The number of alkyl halides is 3. The van der Waals surface area contributed by atoms with Crippen LogP contribution in [0.5, 0.6) is 5.75 Å². The monoisotopic (exact) mass is 468 g/mol. The van der Waals surface area contributed by atoms with E-state index in [-0.39, 0.29) is 5.56 Å². The largest absolute Gasteiger partial charge is 0.573 e. The predicted molar refractivity (Wildman–Crippen MR) is 114 cm³/mol. The van der Waals surface area contributed by atoms with Crippen LogP contribution in [0, 0.1) is 47.0 Å². The maximum atomic E-state index is 14.6. The Kier molecular flexibility index (Phi) is 7.99. The summed E-state index contributed by atoms with van der Waals surface area (Å²) in [5.41, 5.74) is 0.0486. The van der Waals surface area contributed by atoms with Crippen LogP contribution < -0.4 is 4.74 Å². The van der Waals surface area contributed by atoms with Gasteiger partial charge in [0.25, 0.3) is 0 Å². The topological polar surface area (TPSA) is 9.23 Å². The first kappa shape index (κ1) is 25.0. The van der Waals surface area contributed by atoms with Crippen molar-refractivity contribution in [2.75, 3.05) is 0 Å². The minimum Gasteiger partial charge on any atom is -0.403 e. The molecule has 1 atom stereocenters. The predicted octanol–water partition coefficient (Wildman–Crippen LogP) is 7.80. The van der Waals surface area contributed by atoms with Gasteiger partial charge >= 0.3 is 6.36 Å². The zero-order valence-electron chi connectivity index (χ0n) is 18.5. The lowest BCUT2D eigenvalue weighted by atomic mass is 9.74. The quantitative estimate of drug-likeness (QED) is 0.321. The van der Waals surface area contributed by atoms with Gasteiger partial charge in [0.15, 0.2) is 11.6 Å². The molecule has 0 bridgehead atoms. The van der Waals surface area contributed by atoms with Gasteiger partial charge in [0.05, 0.1) is 5.56 Å². The van der Waals surface area contributed by atoms with Crippen molar-refractivity contribution in [3.05, 3.63) is 64.5 Å². The second-order valence-corrected chi connectivity index (χ2v) is 8.75. The zero-order valence-corrected chi connectivity index (χ0v) is 18.5. The first-order chi connectivity index (χ1) is 15.6. The SMILES string of the molecule is CCC1CCC(C(C)Cc2cc(F)c(C#Cc3ccc(OC(F)(F)F)c(F)c3)c(F)c2)CC1. The molecular weight excluding hydrogens is 442 g/mol. The highest BCUT2D eigenvalue weighted by Gasteiger charge is 2.32. The number of rotatable bonds is 5. The molecule has 0 amide bonds. The fourth-order valence-corrected chi connectivity index (χ4v) is 4.49. The van der Waals surface area contributed by atoms with Crippen molar-refractivity contribution < 1.29 is 31.1 Å². The van der Waals surface area contributed by atoms with E-state index in [1.807, 2.05) is 0 Å². The summed E-state index contributed by atoms with van der Waals surface area (Å²) in [7, 11) is 0. The molecule has 0 N–H and O–H groups in total. The molecule has 3 rings (SSSR count). The molecule has 0 heterocycles. The summed E-state index contributed by atoms with van der Waals surface area (Å²) >= 11 is 0. The van der Waals surface area contributed by atoms with E-state index < -0.39 is 35.1 Å². The van der Waals surface area contributed by atoms with Crippen LogP contribution in [-0.2, 0) is 6.42 Å².